The van der Waals surface area contributed by atoms with E-state index in [0.717, 1.165) is 83.5 Å². The van der Waals surface area contributed by atoms with E-state index < -0.39 is 0 Å². The van der Waals surface area contributed by atoms with Crippen LogP contribution in [0.3, 0.4) is 0 Å². The van der Waals surface area contributed by atoms with Gasteiger partial charge in [-0.1, -0.05) is 59.6 Å². The molecule has 2 saturated heterocycles. The Bertz CT molecular complexity index is 2150. The van der Waals surface area contributed by atoms with Gasteiger partial charge in [-0.2, -0.15) is 0 Å². The standard InChI is InChI=1S/C38H38Cl2N6O2/c1-23-17-43-19-25(15-33(43)37(47)45(23)21-27-7-5-13-41-27)29-9-3-11-31(35(29)39)32-12-4-10-30(36(32)40)26-16-34-38(48)46(22-28-8-6-14-42-28)24(2)18-44(34)20-26/h3-4,9-12,15-20,27-28,41-42H,5-8,13-14,21-22H2,1-2H3/t27-,28?/m1/s1. The summed E-state index contributed by atoms with van der Waals surface area (Å²) in [6.45, 7) is 7.29. The van der Waals surface area contributed by atoms with Gasteiger partial charge in [0.05, 0.1) is 10.0 Å². The van der Waals surface area contributed by atoms with Gasteiger partial charge in [-0.15, -0.1) is 0 Å². The number of aromatic nitrogens is 4. The zero-order valence-corrected chi connectivity index (χ0v) is 28.6. The SMILES string of the molecule is Cc1cn2cc(-c3cccc(-c4cccc(-c5cc6c(=O)n(C[C@H]7CCCN7)c(C)cn6c5)c4Cl)c3Cl)cc2c(=O)n1CC1CCCN1. The highest BCUT2D eigenvalue weighted by molar-refractivity contribution is 6.39. The molecule has 2 aliphatic rings. The fourth-order valence-electron chi connectivity index (χ4n) is 7.59. The van der Waals surface area contributed by atoms with Gasteiger partial charge in [0.25, 0.3) is 11.1 Å². The van der Waals surface area contributed by atoms with E-state index >= 15 is 0 Å². The molecule has 0 amide bonds. The van der Waals surface area contributed by atoms with Crippen LogP contribution >= 0.6 is 23.2 Å². The maximum Gasteiger partial charge on any atom is 0.275 e. The molecule has 2 aromatic carbocycles. The maximum absolute atomic E-state index is 13.6. The van der Waals surface area contributed by atoms with Crippen molar-refractivity contribution in [3.05, 3.63) is 115 Å². The van der Waals surface area contributed by atoms with Crippen molar-refractivity contribution in [3.63, 3.8) is 0 Å². The van der Waals surface area contributed by atoms with Crippen molar-refractivity contribution in [2.75, 3.05) is 13.1 Å². The van der Waals surface area contributed by atoms with Crippen LogP contribution in [0.15, 0.2) is 82.9 Å². The summed E-state index contributed by atoms with van der Waals surface area (Å²) in [5, 5.41) is 8.11. The Labute approximate surface area is 288 Å². The van der Waals surface area contributed by atoms with Crippen LogP contribution in [0.25, 0.3) is 44.4 Å². The molecule has 0 spiro atoms. The molecule has 2 aliphatic heterocycles. The van der Waals surface area contributed by atoms with Crippen LogP contribution in [0.1, 0.15) is 37.1 Å². The maximum atomic E-state index is 13.6. The van der Waals surface area contributed by atoms with Gasteiger partial charge in [0, 0.05) is 94.7 Å². The van der Waals surface area contributed by atoms with Crippen molar-refractivity contribution in [1.82, 2.24) is 28.6 Å². The fraction of sp³-hybridized carbons (Fsp3) is 0.316. The first kappa shape index (κ1) is 31.2. The highest BCUT2D eigenvalue weighted by Crippen LogP contribution is 2.42. The Balaban J connectivity index is 1.16. The van der Waals surface area contributed by atoms with E-state index in [1.807, 2.05) is 105 Å². The Morgan fingerprint density at radius 1 is 0.646 bits per heavy atom. The van der Waals surface area contributed by atoms with Crippen LogP contribution in [0, 0.1) is 13.8 Å². The van der Waals surface area contributed by atoms with E-state index in [1.54, 1.807) is 0 Å². The minimum Gasteiger partial charge on any atom is -0.317 e. The Kier molecular flexibility index (Phi) is 8.08. The van der Waals surface area contributed by atoms with E-state index in [-0.39, 0.29) is 11.1 Å². The van der Waals surface area contributed by atoms with E-state index in [2.05, 4.69) is 10.6 Å². The van der Waals surface area contributed by atoms with Crippen LogP contribution in [-0.4, -0.2) is 43.1 Å². The zero-order chi connectivity index (χ0) is 33.1. The average molecular weight is 682 g/mol. The van der Waals surface area contributed by atoms with Gasteiger partial charge in [-0.25, -0.2) is 0 Å². The minimum absolute atomic E-state index is 0.00455. The molecule has 6 aromatic rings. The lowest BCUT2D eigenvalue weighted by Gasteiger charge is -2.15. The van der Waals surface area contributed by atoms with Gasteiger partial charge in [0.2, 0.25) is 0 Å². The van der Waals surface area contributed by atoms with Crippen LogP contribution in [0.2, 0.25) is 10.0 Å². The molecule has 1 unspecified atom stereocenters. The third kappa shape index (κ3) is 5.41. The average Bonchev–Trinajstić information content (AvgIpc) is 3.90. The highest BCUT2D eigenvalue weighted by atomic mass is 35.5. The second-order valence-corrected chi connectivity index (χ2v) is 14.1. The number of benzene rings is 2. The minimum atomic E-state index is -0.00455. The number of nitrogens with one attached hydrogen (secondary N) is 2. The number of hydrogen-bond acceptors (Lipinski definition) is 4. The monoisotopic (exact) mass is 680 g/mol. The first-order valence-electron chi connectivity index (χ1n) is 16.8. The van der Waals surface area contributed by atoms with Gasteiger partial charge >= 0.3 is 0 Å². The molecule has 4 aromatic heterocycles. The van der Waals surface area contributed by atoms with E-state index in [1.165, 1.54) is 0 Å². The van der Waals surface area contributed by atoms with E-state index in [4.69, 9.17) is 23.2 Å². The summed E-state index contributed by atoms with van der Waals surface area (Å²) in [4.78, 5) is 27.2. The van der Waals surface area contributed by atoms with Crippen molar-refractivity contribution in [2.45, 2.75) is 64.7 Å². The smallest absolute Gasteiger partial charge is 0.275 e. The second-order valence-electron chi connectivity index (χ2n) is 13.3. The molecule has 2 N–H and O–H groups in total. The molecule has 0 aliphatic carbocycles. The number of rotatable bonds is 7. The molecule has 6 heterocycles. The molecular formula is C38H38Cl2N6O2. The molecular weight excluding hydrogens is 643 g/mol. The predicted octanol–water partition coefficient (Wildman–Crippen LogP) is 6.94. The summed E-state index contributed by atoms with van der Waals surface area (Å²) < 4.78 is 7.56. The summed E-state index contributed by atoms with van der Waals surface area (Å²) in [6, 6.07) is 16.3. The molecule has 0 radical (unpaired) electrons. The molecule has 8 rings (SSSR count). The largest absolute Gasteiger partial charge is 0.317 e. The molecule has 0 bridgehead atoms. The van der Waals surface area contributed by atoms with E-state index in [9.17, 15) is 9.59 Å². The number of hydrogen-bond donors (Lipinski definition) is 2. The van der Waals surface area contributed by atoms with Crippen molar-refractivity contribution in [3.8, 4) is 33.4 Å². The molecule has 2 atom stereocenters. The highest BCUT2D eigenvalue weighted by Gasteiger charge is 2.21. The second kappa shape index (κ2) is 12.4. The molecule has 48 heavy (non-hydrogen) atoms. The third-order valence-electron chi connectivity index (χ3n) is 10.2. The van der Waals surface area contributed by atoms with Crippen molar-refractivity contribution < 1.29 is 0 Å². The predicted molar refractivity (Wildman–Crippen MR) is 195 cm³/mol. The van der Waals surface area contributed by atoms with Crippen LogP contribution in [-0.2, 0) is 13.1 Å². The summed E-state index contributed by atoms with van der Waals surface area (Å²) in [5.41, 5.74) is 8.02. The third-order valence-corrected chi connectivity index (χ3v) is 11.0. The van der Waals surface area contributed by atoms with E-state index in [0.29, 0.717) is 46.3 Å². The number of nitrogens with zero attached hydrogens (tertiary/aromatic N) is 4. The van der Waals surface area contributed by atoms with Gasteiger partial charge < -0.3 is 28.6 Å². The quantitative estimate of drug-likeness (QED) is 0.192. The molecule has 246 valence electrons. The van der Waals surface area contributed by atoms with Crippen LogP contribution in [0.4, 0.5) is 0 Å². The lowest BCUT2D eigenvalue weighted by Crippen LogP contribution is -2.33. The first-order chi connectivity index (χ1) is 23.3. The first-order valence-corrected chi connectivity index (χ1v) is 17.5. The van der Waals surface area contributed by atoms with Crippen molar-refractivity contribution in [1.29, 1.82) is 0 Å². The lowest BCUT2D eigenvalue weighted by molar-refractivity contribution is 0.491. The van der Waals surface area contributed by atoms with Gasteiger partial charge in [-0.3, -0.25) is 9.59 Å². The lowest BCUT2D eigenvalue weighted by atomic mass is 9.97. The Morgan fingerprint density at radius 2 is 1.06 bits per heavy atom. The summed E-state index contributed by atoms with van der Waals surface area (Å²) in [5.74, 6) is 0. The van der Waals surface area contributed by atoms with Gasteiger partial charge in [0.15, 0.2) is 0 Å². The Hall–Kier alpha value is -4.08. The topological polar surface area (TPSA) is 76.9 Å². The van der Waals surface area contributed by atoms with Crippen molar-refractivity contribution >= 4 is 34.2 Å². The molecule has 8 nitrogen and oxygen atoms in total. The molecule has 10 heteroatoms. The summed E-state index contributed by atoms with van der Waals surface area (Å²) >= 11 is 14.3. The van der Waals surface area contributed by atoms with Crippen molar-refractivity contribution in [2.24, 2.45) is 0 Å². The fourth-order valence-corrected chi connectivity index (χ4v) is 8.27. The number of fused-ring (bicyclic) bond motifs is 2. The van der Waals surface area contributed by atoms with Crippen LogP contribution < -0.4 is 21.8 Å². The summed E-state index contributed by atoms with van der Waals surface area (Å²) in [6.07, 6.45) is 12.4. The van der Waals surface area contributed by atoms with Crippen LogP contribution in [0.5, 0.6) is 0 Å². The number of aryl methyl sites for hydroxylation is 2. The van der Waals surface area contributed by atoms with Gasteiger partial charge in [-0.05, 0) is 64.8 Å². The Morgan fingerprint density at radius 3 is 1.46 bits per heavy atom. The number of halogens is 2. The molecule has 2 fully saturated rings. The summed E-state index contributed by atoms with van der Waals surface area (Å²) in [7, 11) is 0. The molecule has 0 saturated carbocycles. The van der Waals surface area contributed by atoms with Gasteiger partial charge in [0.1, 0.15) is 11.0 Å². The normalized spacial score (nSPS) is 18.1. The zero-order valence-electron chi connectivity index (χ0n) is 27.1.